The standard InChI is InChI=1S/C13H15Br2FN4/c1-7(2)20-13(9(15)6-18-20)12(19-17)11-8(14)4-3-5-10(11)16/h3-7,12,19H,17H2,1-2H3. The molecule has 0 fully saturated rings. The van der Waals surface area contributed by atoms with Gasteiger partial charge < -0.3 is 0 Å². The van der Waals surface area contributed by atoms with Crippen molar-refractivity contribution in [2.24, 2.45) is 5.84 Å². The summed E-state index contributed by atoms with van der Waals surface area (Å²) in [5.74, 6) is 5.34. The fourth-order valence-electron chi connectivity index (χ4n) is 2.12. The average Bonchev–Trinajstić information content (AvgIpc) is 2.76. The topological polar surface area (TPSA) is 55.9 Å². The Kier molecular flexibility index (Phi) is 4.95. The van der Waals surface area contributed by atoms with E-state index in [0.717, 1.165) is 10.2 Å². The summed E-state index contributed by atoms with van der Waals surface area (Å²) in [6.45, 7) is 4.01. The van der Waals surface area contributed by atoms with E-state index in [1.54, 1.807) is 18.3 Å². The highest BCUT2D eigenvalue weighted by Crippen LogP contribution is 2.34. The van der Waals surface area contributed by atoms with Gasteiger partial charge in [-0.05, 0) is 41.9 Å². The second-order valence-electron chi connectivity index (χ2n) is 4.65. The van der Waals surface area contributed by atoms with Gasteiger partial charge in [-0.25, -0.2) is 9.82 Å². The van der Waals surface area contributed by atoms with Gasteiger partial charge in [0.1, 0.15) is 5.82 Å². The normalized spacial score (nSPS) is 12.9. The molecule has 0 aliphatic heterocycles. The first-order valence-electron chi connectivity index (χ1n) is 6.10. The summed E-state index contributed by atoms with van der Waals surface area (Å²) in [5.41, 5.74) is 3.92. The predicted molar refractivity (Wildman–Crippen MR) is 83.6 cm³/mol. The van der Waals surface area contributed by atoms with E-state index in [4.69, 9.17) is 5.84 Å². The molecule has 2 aromatic rings. The van der Waals surface area contributed by atoms with Crippen molar-refractivity contribution in [1.29, 1.82) is 0 Å². The van der Waals surface area contributed by atoms with Gasteiger partial charge in [0.15, 0.2) is 0 Å². The first-order valence-corrected chi connectivity index (χ1v) is 7.69. The van der Waals surface area contributed by atoms with Gasteiger partial charge in [-0.3, -0.25) is 10.5 Å². The van der Waals surface area contributed by atoms with Gasteiger partial charge in [0.05, 0.1) is 22.4 Å². The van der Waals surface area contributed by atoms with Crippen LogP contribution in [-0.4, -0.2) is 9.78 Å². The van der Waals surface area contributed by atoms with Gasteiger partial charge in [-0.2, -0.15) is 5.10 Å². The Hall–Kier alpha value is -0.760. The van der Waals surface area contributed by atoms with Crippen LogP contribution in [0.15, 0.2) is 33.3 Å². The lowest BCUT2D eigenvalue weighted by Gasteiger charge is -2.22. The number of hydrogen-bond donors (Lipinski definition) is 2. The fraction of sp³-hybridized carbons (Fsp3) is 0.308. The molecule has 0 amide bonds. The second kappa shape index (κ2) is 6.34. The van der Waals surface area contributed by atoms with Crippen molar-refractivity contribution in [3.8, 4) is 0 Å². The molecule has 1 unspecified atom stereocenters. The Bertz CT molecular complexity index is 592. The van der Waals surface area contributed by atoms with E-state index in [1.807, 2.05) is 18.5 Å². The third kappa shape index (κ3) is 2.81. The highest BCUT2D eigenvalue weighted by atomic mass is 79.9. The molecule has 1 aromatic heterocycles. The zero-order valence-corrected chi connectivity index (χ0v) is 14.2. The lowest BCUT2D eigenvalue weighted by Crippen LogP contribution is -2.32. The van der Waals surface area contributed by atoms with E-state index in [1.165, 1.54) is 6.07 Å². The zero-order valence-electron chi connectivity index (χ0n) is 11.1. The van der Waals surface area contributed by atoms with Crippen molar-refractivity contribution in [2.75, 3.05) is 0 Å². The number of nitrogens with zero attached hydrogens (tertiary/aromatic N) is 2. The van der Waals surface area contributed by atoms with Crippen molar-refractivity contribution in [3.05, 3.63) is 50.4 Å². The van der Waals surface area contributed by atoms with Crippen molar-refractivity contribution >= 4 is 31.9 Å². The van der Waals surface area contributed by atoms with E-state index in [9.17, 15) is 4.39 Å². The Morgan fingerprint density at radius 3 is 2.55 bits per heavy atom. The van der Waals surface area contributed by atoms with Gasteiger partial charge in [0.2, 0.25) is 0 Å². The summed E-state index contributed by atoms with van der Waals surface area (Å²) in [5, 5.41) is 4.31. The molecule has 0 spiro atoms. The van der Waals surface area contributed by atoms with Crippen LogP contribution < -0.4 is 11.3 Å². The molecule has 7 heteroatoms. The van der Waals surface area contributed by atoms with Gasteiger partial charge in [0.25, 0.3) is 0 Å². The Balaban J connectivity index is 2.62. The molecular formula is C13H15Br2FN4. The minimum Gasteiger partial charge on any atom is -0.271 e. The molecule has 0 saturated carbocycles. The highest BCUT2D eigenvalue weighted by molar-refractivity contribution is 9.10. The number of halogens is 3. The number of hydrazine groups is 1. The van der Waals surface area contributed by atoms with Gasteiger partial charge in [0, 0.05) is 16.1 Å². The lowest BCUT2D eigenvalue weighted by atomic mass is 10.0. The largest absolute Gasteiger partial charge is 0.271 e. The summed E-state index contributed by atoms with van der Waals surface area (Å²) in [4.78, 5) is 0. The molecule has 2 rings (SSSR count). The summed E-state index contributed by atoms with van der Waals surface area (Å²) in [7, 11) is 0. The molecule has 1 heterocycles. The van der Waals surface area contributed by atoms with E-state index in [-0.39, 0.29) is 11.9 Å². The maximum atomic E-state index is 14.2. The number of rotatable bonds is 4. The monoisotopic (exact) mass is 404 g/mol. The van der Waals surface area contributed by atoms with Crippen LogP contribution in [0.2, 0.25) is 0 Å². The number of nitrogens with two attached hydrogens (primary N) is 1. The smallest absolute Gasteiger partial charge is 0.129 e. The Labute approximate surface area is 133 Å². The molecule has 20 heavy (non-hydrogen) atoms. The van der Waals surface area contributed by atoms with Crippen LogP contribution in [-0.2, 0) is 0 Å². The molecule has 108 valence electrons. The first-order chi connectivity index (χ1) is 9.47. The van der Waals surface area contributed by atoms with Gasteiger partial charge in [-0.1, -0.05) is 22.0 Å². The molecular weight excluding hydrogens is 391 g/mol. The van der Waals surface area contributed by atoms with Crippen LogP contribution in [0.4, 0.5) is 4.39 Å². The van der Waals surface area contributed by atoms with Crippen molar-refractivity contribution in [3.63, 3.8) is 0 Å². The van der Waals surface area contributed by atoms with Crippen LogP contribution in [0.25, 0.3) is 0 Å². The number of aromatic nitrogens is 2. The van der Waals surface area contributed by atoms with Crippen molar-refractivity contribution < 1.29 is 4.39 Å². The van der Waals surface area contributed by atoms with E-state index in [2.05, 4.69) is 42.4 Å². The Morgan fingerprint density at radius 2 is 2.00 bits per heavy atom. The number of benzene rings is 1. The van der Waals surface area contributed by atoms with E-state index < -0.39 is 6.04 Å². The molecule has 1 atom stereocenters. The van der Waals surface area contributed by atoms with Crippen LogP contribution in [0.1, 0.15) is 37.2 Å². The van der Waals surface area contributed by atoms with Crippen molar-refractivity contribution in [1.82, 2.24) is 15.2 Å². The summed E-state index contributed by atoms with van der Waals surface area (Å²) in [6, 6.07) is 4.47. The maximum Gasteiger partial charge on any atom is 0.129 e. The highest BCUT2D eigenvalue weighted by Gasteiger charge is 2.26. The van der Waals surface area contributed by atoms with Gasteiger partial charge >= 0.3 is 0 Å². The number of hydrogen-bond acceptors (Lipinski definition) is 3. The lowest BCUT2D eigenvalue weighted by molar-refractivity contribution is 0.465. The fourth-order valence-corrected chi connectivity index (χ4v) is 3.19. The quantitative estimate of drug-likeness (QED) is 0.602. The third-order valence-corrected chi connectivity index (χ3v) is 4.31. The number of nitrogens with one attached hydrogen (secondary N) is 1. The van der Waals surface area contributed by atoms with Crippen molar-refractivity contribution in [2.45, 2.75) is 25.9 Å². The predicted octanol–water partition coefficient (Wildman–Crippen LogP) is 3.68. The molecule has 1 aromatic carbocycles. The minimum absolute atomic E-state index is 0.137. The van der Waals surface area contributed by atoms with Crippen LogP contribution in [0.5, 0.6) is 0 Å². The average molecular weight is 406 g/mol. The molecule has 4 nitrogen and oxygen atoms in total. The van der Waals surface area contributed by atoms with Crippen LogP contribution in [0, 0.1) is 5.82 Å². The summed E-state index contributed by atoms with van der Waals surface area (Å²) in [6.07, 6.45) is 1.69. The third-order valence-electron chi connectivity index (χ3n) is 3.00. The second-order valence-corrected chi connectivity index (χ2v) is 6.36. The molecule has 0 radical (unpaired) electrons. The van der Waals surface area contributed by atoms with Crippen LogP contribution >= 0.6 is 31.9 Å². The molecule has 3 N–H and O–H groups in total. The molecule has 0 aliphatic carbocycles. The molecule has 0 aliphatic rings. The first kappa shape index (κ1) is 15.6. The maximum absolute atomic E-state index is 14.2. The van der Waals surface area contributed by atoms with E-state index >= 15 is 0 Å². The molecule has 0 saturated heterocycles. The van der Waals surface area contributed by atoms with E-state index in [0.29, 0.717) is 10.0 Å². The van der Waals surface area contributed by atoms with Gasteiger partial charge in [-0.15, -0.1) is 0 Å². The summed E-state index contributed by atoms with van der Waals surface area (Å²) < 4.78 is 17.4. The summed E-state index contributed by atoms with van der Waals surface area (Å²) >= 11 is 6.84. The minimum atomic E-state index is -0.509. The zero-order chi connectivity index (χ0) is 14.9. The Morgan fingerprint density at radius 1 is 1.30 bits per heavy atom. The molecule has 0 bridgehead atoms. The SMILES string of the molecule is CC(C)n1ncc(Br)c1C(NN)c1c(F)cccc1Br. The van der Waals surface area contributed by atoms with Crippen LogP contribution in [0.3, 0.4) is 0 Å².